The lowest BCUT2D eigenvalue weighted by atomic mass is 9.94. The summed E-state index contributed by atoms with van der Waals surface area (Å²) in [4.78, 5) is 4.55. The van der Waals surface area contributed by atoms with Crippen molar-refractivity contribution in [1.82, 2.24) is 0 Å². The van der Waals surface area contributed by atoms with Crippen molar-refractivity contribution in [2.24, 2.45) is 0 Å². The van der Waals surface area contributed by atoms with Crippen LogP contribution >= 0.6 is 0 Å². The molecule has 0 bridgehead atoms. The van der Waals surface area contributed by atoms with Crippen LogP contribution in [0.15, 0.2) is 109 Å². The van der Waals surface area contributed by atoms with Crippen LogP contribution in [0.5, 0.6) is 11.5 Å². The predicted octanol–water partition coefficient (Wildman–Crippen LogP) is 8.35. The Labute approximate surface area is 236 Å². The number of rotatable bonds is 4. The van der Waals surface area contributed by atoms with Gasteiger partial charge in [-0.15, -0.1) is 0 Å². The maximum atomic E-state index is 6.19. The second-order valence-electron chi connectivity index (χ2n) is 10.8. The minimum atomic E-state index is 0.570. The van der Waals surface area contributed by atoms with Crippen molar-refractivity contribution in [2.75, 3.05) is 23.3 Å². The molecule has 0 unspecified atom stereocenters. The Morgan fingerprint density at radius 3 is 1.27 bits per heavy atom. The van der Waals surface area contributed by atoms with Gasteiger partial charge in [0.15, 0.2) is 13.5 Å². The maximum absolute atomic E-state index is 6.19. The molecule has 0 aromatic heterocycles. The van der Waals surface area contributed by atoms with E-state index in [1.54, 1.807) is 0 Å². The number of fused-ring (bicyclic) bond motifs is 2. The van der Waals surface area contributed by atoms with Crippen LogP contribution in [-0.4, -0.2) is 13.5 Å². The van der Waals surface area contributed by atoms with Crippen LogP contribution in [0.4, 0.5) is 11.4 Å². The molecule has 198 valence electrons. The van der Waals surface area contributed by atoms with Crippen LogP contribution < -0.4 is 19.3 Å². The van der Waals surface area contributed by atoms with E-state index in [-0.39, 0.29) is 0 Å². The van der Waals surface area contributed by atoms with Crippen LogP contribution in [0.2, 0.25) is 0 Å². The van der Waals surface area contributed by atoms with Crippen molar-refractivity contribution in [3.63, 3.8) is 0 Å². The molecule has 0 aliphatic carbocycles. The van der Waals surface area contributed by atoms with E-state index in [9.17, 15) is 0 Å². The Balaban J connectivity index is 1.15. The van der Waals surface area contributed by atoms with E-state index in [4.69, 9.17) is 9.47 Å². The summed E-state index contributed by atoms with van der Waals surface area (Å²) in [6.45, 7) is 7.10. The predicted molar refractivity (Wildman–Crippen MR) is 163 cm³/mol. The van der Waals surface area contributed by atoms with Gasteiger partial charge in [-0.2, -0.15) is 0 Å². The Hall–Kier alpha value is -4.70. The molecular weight excluding hydrogens is 492 g/mol. The Bertz CT molecular complexity index is 1540. The number of benzene rings is 5. The van der Waals surface area contributed by atoms with Crippen molar-refractivity contribution in [1.29, 1.82) is 0 Å². The first kappa shape index (κ1) is 24.3. The van der Waals surface area contributed by atoms with Gasteiger partial charge in [0.25, 0.3) is 0 Å². The van der Waals surface area contributed by atoms with Gasteiger partial charge in [-0.05, 0) is 95.8 Å². The highest BCUT2D eigenvalue weighted by Crippen LogP contribution is 2.38. The Kier molecular flexibility index (Phi) is 6.16. The van der Waals surface area contributed by atoms with Crippen LogP contribution in [0.3, 0.4) is 0 Å². The average Bonchev–Trinajstić information content (AvgIpc) is 3.01. The fraction of sp³-hybridized carbons (Fsp3) is 0.167. The third-order valence-electron chi connectivity index (χ3n) is 7.95. The highest BCUT2D eigenvalue weighted by Gasteiger charge is 2.22. The maximum Gasteiger partial charge on any atom is 0.161 e. The number of para-hydroxylation sites is 2. The smallest absolute Gasteiger partial charge is 0.161 e. The van der Waals surface area contributed by atoms with Crippen LogP contribution in [-0.2, 0) is 13.1 Å². The molecule has 0 spiro atoms. The molecule has 2 heterocycles. The number of anilines is 2. The monoisotopic (exact) mass is 524 g/mol. The molecule has 40 heavy (non-hydrogen) atoms. The second-order valence-corrected chi connectivity index (χ2v) is 10.8. The summed E-state index contributed by atoms with van der Waals surface area (Å²) in [5.74, 6) is 2.03. The zero-order chi connectivity index (χ0) is 27.1. The van der Waals surface area contributed by atoms with Gasteiger partial charge in [-0.1, -0.05) is 60.7 Å². The number of aryl methyl sites for hydroxylation is 2. The van der Waals surface area contributed by atoms with E-state index in [0.29, 0.717) is 13.5 Å². The van der Waals surface area contributed by atoms with Gasteiger partial charge in [0.05, 0.1) is 0 Å². The van der Waals surface area contributed by atoms with E-state index in [1.165, 1.54) is 55.9 Å². The summed E-state index contributed by atoms with van der Waals surface area (Å²) in [5, 5.41) is 0. The topological polar surface area (TPSA) is 24.9 Å². The van der Waals surface area contributed by atoms with Crippen LogP contribution in [0, 0.1) is 13.8 Å². The Morgan fingerprint density at radius 2 is 0.875 bits per heavy atom. The zero-order valence-electron chi connectivity index (χ0n) is 22.9. The third kappa shape index (κ3) is 4.56. The largest absolute Gasteiger partial charge is 0.472 e. The summed E-state index contributed by atoms with van der Waals surface area (Å²) < 4.78 is 12.4. The number of nitrogens with zero attached hydrogens (tertiary/aromatic N) is 2. The highest BCUT2D eigenvalue weighted by atomic mass is 16.5. The standard InChI is InChI=1S/C36H32N2O2/c1-25-17-29(19-31-21-37(23-39-35(25)31)33-9-5-3-6-10-33)27-13-15-28(16-14-27)30-18-26(2)36-32(20-30)22-38(24-40-36)34-11-7-4-8-12-34/h3-20H,21-24H2,1-2H3. The molecule has 0 atom stereocenters. The second kappa shape index (κ2) is 10.1. The van der Waals surface area contributed by atoms with Gasteiger partial charge >= 0.3 is 0 Å². The minimum Gasteiger partial charge on any atom is -0.472 e. The zero-order valence-corrected chi connectivity index (χ0v) is 22.9. The van der Waals surface area contributed by atoms with Crippen molar-refractivity contribution >= 4 is 11.4 Å². The summed E-state index contributed by atoms with van der Waals surface area (Å²) in [7, 11) is 0. The van der Waals surface area contributed by atoms with Crippen molar-refractivity contribution in [2.45, 2.75) is 26.9 Å². The van der Waals surface area contributed by atoms with E-state index in [1.807, 2.05) is 12.1 Å². The van der Waals surface area contributed by atoms with Gasteiger partial charge in [0.2, 0.25) is 0 Å². The lowest BCUT2D eigenvalue weighted by molar-refractivity contribution is 0.287. The minimum absolute atomic E-state index is 0.570. The lowest BCUT2D eigenvalue weighted by Gasteiger charge is -2.32. The van der Waals surface area contributed by atoms with Gasteiger partial charge < -0.3 is 19.3 Å². The summed E-state index contributed by atoms with van der Waals surface area (Å²) in [5.41, 5.74) is 12.0. The molecule has 2 aliphatic rings. The highest BCUT2D eigenvalue weighted by molar-refractivity contribution is 5.74. The first-order valence-corrected chi connectivity index (χ1v) is 13.9. The van der Waals surface area contributed by atoms with Gasteiger partial charge in [-0.3, -0.25) is 0 Å². The van der Waals surface area contributed by atoms with Crippen LogP contribution in [0.25, 0.3) is 22.3 Å². The lowest BCUT2D eigenvalue weighted by Crippen LogP contribution is -2.32. The van der Waals surface area contributed by atoms with E-state index < -0.39 is 0 Å². The van der Waals surface area contributed by atoms with Crippen molar-refractivity contribution < 1.29 is 9.47 Å². The average molecular weight is 525 g/mol. The Morgan fingerprint density at radius 1 is 0.475 bits per heavy atom. The molecule has 0 saturated heterocycles. The van der Waals surface area contributed by atoms with E-state index in [2.05, 4.69) is 121 Å². The summed E-state index contributed by atoms with van der Waals surface area (Å²) >= 11 is 0. The molecule has 0 N–H and O–H groups in total. The first-order chi connectivity index (χ1) is 19.6. The molecular formula is C36H32N2O2. The van der Waals surface area contributed by atoms with Gasteiger partial charge in [0, 0.05) is 35.6 Å². The first-order valence-electron chi connectivity index (χ1n) is 13.9. The molecule has 5 aromatic rings. The van der Waals surface area contributed by atoms with Gasteiger partial charge in [0.1, 0.15) is 11.5 Å². The number of hydrogen-bond acceptors (Lipinski definition) is 4. The fourth-order valence-corrected chi connectivity index (χ4v) is 5.93. The van der Waals surface area contributed by atoms with E-state index in [0.717, 1.165) is 24.6 Å². The quantitative estimate of drug-likeness (QED) is 0.236. The molecule has 5 aromatic carbocycles. The third-order valence-corrected chi connectivity index (χ3v) is 7.95. The number of hydrogen-bond donors (Lipinski definition) is 0. The van der Waals surface area contributed by atoms with Crippen molar-refractivity contribution in [3.05, 3.63) is 131 Å². The molecule has 0 fully saturated rings. The molecule has 7 rings (SSSR count). The van der Waals surface area contributed by atoms with Crippen molar-refractivity contribution in [3.8, 4) is 33.8 Å². The summed E-state index contributed by atoms with van der Waals surface area (Å²) in [6.07, 6.45) is 0. The molecule has 0 saturated carbocycles. The SMILES string of the molecule is Cc1cc(-c2ccc(-c3cc(C)c4c(c3)CN(c3ccccc3)CO4)cc2)cc2c1OCN(c1ccccc1)C2. The molecule has 4 heteroatoms. The summed E-state index contributed by atoms with van der Waals surface area (Å²) in [6, 6.07) is 38.9. The molecule has 2 aliphatic heterocycles. The normalized spacial score (nSPS) is 14.2. The number of ether oxygens (including phenoxy) is 2. The molecule has 4 nitrogen and oxygen atoms in total. The fourth-order valence-electron chi connectivity index (χ4n) is 5.93. The van der Waals surface area contributed by atoms with Crippen LogP contribution in [0.1, 0.15) is 22.3 Å². The molecule has 0 amide bonds. The van der Waals surface area contributed by atoms with Gasteiger partial charge in [-0.25, -0.2) is 0 Å². The van der Waals surface area contributed by atoms with E-state index >= 15 is 0 Å². The molecule has 0 radical (unpaired) electrons.